The lowest BCUT2D eigenvalue weighted by Gasteiger charge is -2.09. The number of carboxylic acid groups (broad SMARTS) is 1. The summed E-state index contributed by atoms with van der Waals surface area (Å²) in [5, 5.41) is 26.5. The molecule has 0 aliphatic rings. The van der Waals surface area contributed by atoms with Crippen LogP contribution in [0.1, 0.15) is 23.1 Å². The summed E-state index contributed by atoms with van der Waals surface area (Å²) < 4.78 is 25.1. The third-order valence-corrected chi connectivity index (χ3v) is 1.98. The number of halogens is 2. The van der Waals surface area contributed by atoms with E-state index in [9.17, 15) is 18.7 Å². The van der Waals surface area contributed by atoms with Crippen molar-refractivity contribution in [3.05, 3.63) is 28.8 Å². The summed E-state index contributed by atoms with van der Waals surface area (Å²) in [5.41, 5.74) is -1.32. The number of phenolic OH excluding ortho intramolecular Hbond substituents is 1. The maximum atomic E-state index is 12.5. The van der Waals surface area contributed by atoms with Gasteiger partial charge in [0.1, 0.15) is 5.75 Å². The lowest BCUT2D eigenvalue weighted by Crippen LogP contribution is -2.03. The van der Waals surface area contributed by atoms with Gasteiger partial charge in [0.15, 0.2) is 0 Å². The van der Waals surface area contributed by atoms with Crippen LogP contribution in [-0.2, 0) is 11.2 Å². The highest BCUT2D eigenvalue weighted by Gasteiger charge is 2.21. The summed E-state index contributed by atoms with van der Waals surface area (Å²) >= 11 is 0. The minimum absolute atomic E-state index is 0.137. The van der Waals surface area contributed by atoms with Crippen LogP contribution >= 0.6 is 0 Å². The largest absolute Gasteiger partial charge is 0.507 e. The monoisotopic (exact) mass is 227 g/mol. The maximum Gasteiger partial charge on any atom is 0.307 e. The second kappa shape index (κ2) is 4.57. The Morgan fingerprint density at radius 1 is 1.50 bits per heavy atom. The first-order valence-corrected chi connectivity index (χ1v) is 4.22. The summed E-state index contributed by atoms with van der Waals surface area (Å²) in [6, 6.07) is 3.73. The molecule has 0 aliphatic carbocycles. The fraction of sp³-hybridized carbons (Fsp3) is 0.200. The Labute approximate surface area is 89.4 Å². The molecular formula is C10H7F2NO3. The Morgan fingerprint density at radius 3 is 2.56 bits per heavy atom. The number of hydrogen-bond donors (Lipinski definition) is 2. The third kappa shape index (κ3) is 2.25. The summed E-state index contributed by atoms with van der Waals surface area (Å²) in [7, 11) is 0. The van der Waals surface area contributed by atoms with Crippen LogP contribution in [0.5, 0.6) is 5.75 Å². The number of rotatable bonds is 3. The molecule has 0 aliphatic heterocycles. The number of hydrogen-bond acceptors (Lipinski definition) is 3. The molecule has 0 radical (unpaired) electrons. The van der Waals surface area contributed by atoms with Crippen LogP contribution in [0, 0.1) is 11.3 Å². The van der Waals surface area contributed by atoms with Gasteiger partial charge < -0.3 is 10.2 Å². The van der Waals surface area contributed by atoms with Crippen molar-refractivity contribution in [1.29, 1.82) is 5.26 Å². The second-order valence-electron chi connectivity index (χ2n) is 3.02. The molecule has 2 N–H and O–H groups in total. The second-order valence-corrected chi connectivity index (χ2v) is 3.02. The number of nitrogens with zero attached hydrogens (tertiary/aromatic N) is 1. The van der Waals surface area contributed by atoms with Crippen LogP contribution in [0.4, 0.5) is 8.78 Å². The zero-order chi connectivity index (χ0) is 12.3. The summed E-state index contributed by atoms with van der Waals surface area (Å²) in [5.74, 6) is -2.07. The van der Waals surface area contributed by atoms with E-state index in [1.54, 1.807) is 0 Å². The average Bonchev–Trinajstić information content (AvgIpc) is 2.19. The van der Waals surface area contributed by atoms with Crippen molar-refractivity contribution in [2.75, 3.05) is 0 Å². The van der Waals surface area contributed by atoms with Crippen molar-refractivity contribution < 1.29 is 23.8 Å². The van der Waals surface area contributed by atoms with E-state index in [1.165, 1.54) is 6.07 Å². The van der Waals surface area contributed by atoms with Crippen LogP contribution in [0.25, 0.3) is 0 Å². The topological polar surface area (TPSA) is 81.3 Å². The van der Waals surface area contributed by atoms with Crippen LogP contribution in [-0.4, -0.2) is 16.2 Å². The first kappa shape index (κ1) is 11.9. The normalized spacial score (nSPS) is 10.1. The first-order valence-electron chi connectivity index (χ1n) is 4.22. The van der Waals surface area contributed by atoms with Gasteiger partial charge in [-0.05, 0) is 6.07 Å². The number of aliphatic carboxylic acids is 1. The van der Waals surface area contributed by atoms with E-state index >= 15 is 0 Å². The molecule has 84 valence electrons. The molecule has 6 heteroatoms. The molecule has 0 bridgehead atoms. The highest BCUT2D eigenvalue weighted by Crippen LogP contribution is 2.34. The Bertz CT molecular complexity index is 466. The van der Waals surface area contributed by atoms with Crippen LogP contribution in [0.3, 0.4) is 0 Å². The SMILES string of the molecule is N#Cc1ccc(CC(=O)O)c(O)c1C(F)F. The van der Waals surface area contributed by atoms with Crippen molar-refractivity contribution in [1.82, 2.24) is 0 Å². The molecule has 16 heavy (non-hydrogen) atoms. The van der Waals surface area contributed by atoms with E-state index in [0.717, 1.165) is 12.1 Å². The lowest BCUT2D eigenvalue weighted by molar-refractivity contribution is -0.136. The maximum absolute atomic E-state index is 12.5. The van der Waals surface area contributed by atoms with Crippen molar-refractivity contribution in [3.63, 3.8) is 0 Å². The summed E-state index contributed by atoms with van der Waals surface area (Å²) in [6.45, 7) is 0. The van der Waals surface area contributed by atoms with Gasteiger partial charge in [-0.25, -0.2) is 8.78 Å². The Hall–Kier alpha value is -2.16. The first-order chi connectivity index (χ1) is 7.47. The van der Waals surface area contributed by atoms with Gasteiger partial charge in [-0.1, -0.05) is 6.07 Å². The highest BCUT2D eigenvalue weighted by molar-refractivity contribution is 5.72. The molecule has 0 fully saturated rings. The van der Waals surface area contributed by atoms with Gasteiger partial charge in [-0.2, -0.15) is 5.26 Å². The minimum atomic E-state index is -3.02. The number of benzene rings is 1. The van der Waals surface area contributed by atoms with E-state index in [0.29, 0.717) is 0 Å². The zero-order valence-electron chi connectivity index (χ0n) is 7.94. The average molecular weight is 227 g/mol. The predicted molar refractivity (Wildman–Crippen MR) is 49.1 cm³/mol. The number of nitriles is 1. The van der Waals surface area contributed by atoms with Crippen LogP contribution in [0.15, 0.2) is 12.1 Å². The van der Waals surface area contributed by atoms with Gasteiger partial charge >= 0.3 is 5.97 Å². The van der Waals surface area contributed by atoms with Crippen LogP contribution in [0.2, 0.25) is 0 Å². The third-order valence-electron chi connectivity index (χ3n) is 1.98. The van der Waals surface area contributed by atoms with Gasteiger partial charge in [0, 0.05) is 5.56 Å². The molecule has 0 spiro atoms. The number of alkyl halides is 2. The number of carboxylic acids is 1. The molecular weight excluding hydrogens is 220 g/mol. The van der Waals surface area contributed by atoms with E-state index in [-0.39, 0.29) is 11.1 Å². The van der Waals surface area contributed by atoms with E-state index < -0.39 is 30.1 Å². The smallest absolute Gasteiger partial charge is 0.307 e. The fourth-order valence-electron chi connectivity index (χ4n) is 1.28. The molecule has 0 amide bonds. The van der Waals surface area contributed by atoms with Gasteiger partial charge in [-0.15, -0.1) is 0 Å². The van der Waals surface area contributed by atoms with Crippen molar-refractivity contribution in [3.8, 4) is 11.8 Å². The zero-order valence-corrected chi connectivity index (χ0v) is 7.94. The molecule has 0 aromatic heterocycles. The number of carbonyl (C=O) groups is 1. The fourth-order valence-corrected chi connectivity index (χ4v) is 1.28. The number of aromatic hydroxyl groups is 1. The number of phenols is 1. The molecule has 1 rings (SSSR count). The van der Waals surface area contributed by atoms with Crippen LogP contribution < -0.4 is 0 Å². The molecule has 0 unspecified atom stereocenters. The molecule has 0 saturated carbocycles. The Morgan fingerprint density at radius 2 is 2.12 bits per heavy atom. The molecule has 4 nitrogen and oxygen atoms in total. The van der Waals surface area contributed by atoms with E-state index in [1.807, 2.05) is 0 Å². The standard InChI is InChI=1S/C10H7F2NO3/c11-10(12)8-6(4-13)2-1-5(9(8)16)3-7(14)15/h1-2,10,16H,3H2,(H,14,15). The van der Waals surface area contributed by atoms with E-state index in [4.69, 9.17) is 10.4 Å². The van der Waals surface area contributed by atoms with E-state index in [2.05, 4.69) is 0 Å². The summed E-state index contributed by atoms with van der Waals surface area (Å²) in [4.78, 5) is 10.4. The quantitative estimate of drug-likeness (QED) is 0.825. The van der Waals surface area contributed by atoms with Gasteiger partial charge in [-0.3, -0.25) is 4.79 Å². The van der Waals surface area contributed by atoms with Crippen molar-refractivity contribution >= 4 is 5.97 Å². The molecule has 0 heterocycles. The van der Waals surface area contributed by atoms with Gasteiger partial charge in [0.2, 0.25) is 0 Å². The predicted octanol–water partition coefficient (Wildman–Crippen LogP) is 1.83. The van der Waals surface area contributed by atoms with Gasteiger partial charge in [0.25, 0.3) is 6.43 Å². The lowest BCUT2D eigenvalue weighted by atomic mass is 10.0. The van der Waals surface area contributed by atoms with Gasteiger partial charge in [0.05, 0.1) is 23.6 Å². The Kier molecular flexibility index (Phi) is 3.40. The summed E-state index contributed by atoms with van der Waals surface area (Å²) in [6.07, 6.45) is -3.60. The highest BCUT2D eigenvalue weighted by atomic mass is 19.3. The molecule has 1 aromatic rings. The molecule has 0 saturated heterocycles. The van der Waals surface area contributed by atoms with Crippen molar-refractivity contribution in [2.45, 2.75) is 12.8 Å². The molecule has 1 aromatic carbocycles. The van der Waals surface area contributed by atoms with Crippen molar-refractivity contribution in [2.24, 2.45) is 0 Å². The minimum Gasteiger partial charge on any atom is -0.507 e. The molecule has 0 atom stereocenters. The Balaban J connectivity index is 3.33.